The summed E-state index contributed by atoms with van der Waals surface area (Å²) in [6, 6.07) is 16.3. The predicted octanol–water partition coefficient (Wildman–Crippen LogP) is 3.79. The molecule has 1 N–H and O–H groups in total. The Balaban J connectivity index is 1.85. The van der Waals surface area contributed by atoms with Crippen LogP contribution in [-0.4, -0.2) is 25.0 Å². The van der Waals surface area contributed by atoms with E-state index in [1.165, 1.54) is 5.39 Å². The van der Waals surface area contributed by atoms with Crippen LogP contribution in [0, 0.1) is 0 Å². The van der Waals surface area contributed by atoms with Gasteiger partial charge in [-0.2, -0.15) is 10.2 Å². The van der Waals surface area contributed by atoms with Gasteiger partial charge in [0.2, 0.25) is 0 Å². The minimum Gasteiger partial charge on any atom is -0.264 e. The lowest BCUT2D eigenvalue weighted by Gasteiger charge is -2.02. The smallest absolute Gasteiger partial charge is 0.182 e. The summed E-state index contributed by atoms with van der Waals surface area (Å²) < 4.78 is 2.53. The molecule has 0 saturated heterocycles. The number of benzene rings is 2. The van der Waals surface area contributed by atoms with Gasteiger partial charge in [0.15, 0.2) is 11.6 Å². The van der Waals surface area contributed by atoms with E-state index in [1.54, 1.807) is 4.68 Å². The van der Waals surface area contributed by atoms with E-state index in [-0.39, 0.29) is 0 Å². The molecule has 0 radical (unpaired) electrons. The Morgan fingerprint density at radius 3 is 2.73 bits per heavy atom. The van der Waals surface area contributed by atoms with Crippen LogP contribution in [0.5, 0.6) is 0 Å². The maximum absolute atomic E-state index is 4.63. The van der Waals surface area contributed by atoms with Gasteiger partial charge < -0.3 is 0 Å². The first-order valence-corrected chi connectivity index (χ1v) is 7.62. The van der Waals surface area contributed by atoms with Gasteiger partial charge in [0.25, 0.3) is 0 Å². The van der Waals surface area contributed by atoms with Crippen molar-refractivity contribution in [1.82, 2.24) is 25.0 Å². The fraction of sp³-hybridized carbons (Fsp3) is 0.0625. The van der Waals surface area contributed by atoms with Crippen molar-refractivity contribution in [1.29, 1.82) is 0 Å². The van der Waals surface area contributed by atoms with E-state index in [2.05, 4.69) is 54.4 Å². The highest BCUT2D eigenvalue weighted by molar-refractivity contribution is 9.10. The van der Waals surface area contributed by atoms with Gasteiger partial charge in [0.05, 0.1) is 0 Å². The Bertz CT molecular complexity index is 964. The molecular weight excluding hydrogens is 342 g/mol. The zero-order chi connectivity index (χ0) is 15.1. The lowest BCUT2D eigenvalue weighted by atomic mass is 10.0. The minimum atomic E-state index is 0.684. The number of hydrogen-bond acceptors (Lipinski definition) is 3. The van der Waals surface area contributed by atoms with Crippen molar-refractivity contribution in [2.75, 3.05) is 0 Å². The van der Waals surface area contributed by atoms with Crippen molar-refractivity contribution in [3.8, 4) is 22.9 Å². The first kappa shape index (κ1) is 13.2. The Kier molecular flexibility index (Phi) is 3.04. The minimum absolute atomic E-state index is 0.684. The summed E-state index contributed by atoms with van der Waals surface area (Å²) in [6.45, 7) is 0. The van der Waals surface area contributed by atoms with Gasteiger partial charge >= 0.3 is 0 Å². The summed E-state index contributed by atoms with van der Waals surface area (Å²) in [5.74, 6) is 1.38. The number of nitrogens with one attached hydrogen (secondary N) is 1. The van der Waals surface area contributed by atoms with E-state index in [0.717, 1.165) is 21.2 Å². The molecular formula is C16H12BrN5. The van der Waals surface area contributed by atoms with E-state index >= 15 is 0 Å². The maximum atomic E-state index is 4.63. The van der Waals surface area contributed by atoms with Crippen LogP contribution in [0.1, 0.15) is 0 Å². The Labute approximate surface area is 135 Å². The Morgan fingerprint density at radius 2 is 1.91 bits per heavy atom. The van der Waals surface area contributed by atoms with E-state index < -0.39 is 0 Å². The molecule has 0 fully saturated rings. The van der Waals surface area contributed by atoms with Crippen molar-refractivity contribution in [3.63, 3.8) is 0 Å². The van der Waals surface area contributed by atoms with Crippen molar-refractivity contribution in [2.45, 2.75) is 0 Å². The third-order valence-corrected chi connectivity index (χ3v) is 4.00. The van der Waals surface area contributed by atoms with Crippen LogP contribution in [0.3, 0.4) is 0 Å². The zero-order valence-corrected chi connectivity index (χ0v) is 13.4. The van der Waals surface area contributed by atoms with Crippen molar-refractivity contribution in [3.05, 3.63) is 53.1 Å². The molecule has 0 saturated carbocycles. The summed E-state index contributed by atoms with van der Waals surface area (Å²) in [6.07, 6.45) is 0. The number of fused-ring (bicyclic) bond motifs is 1. The molecule has 0 unspecified atom stereocenters. The third-order valence-electron chi connectivity index (χ3n) is 3.61. The van der Waals surface area contributed by atoms with Gasteiger partial charge in [-0.3, -0.25) is 9.78 Å². The second kappa shape index (κ2) is 5.06. The molecule has 2 aromatic heterocycles. The number of hydrogen-bond donors (Lipinski definition) is 1. The van der Waals surface area contributed by atoms with Crippen LogP contribution in [0.25, 0.3) is 33.7 Å². The molecule has 0 bridgehead atoms. The second-order valence-corrected chi connectivity index (χ2v) is 5.82. The number of halogens is 1. The van der Waals surface area contributed by atoms with Crippen LogP contribution in [-0.2, 0) is 7.05 Å². The molecule has 0 aliphatic carbocycles. The van der Waals surface area contributed by atoms with Crippen LogP contribution in [0.15, 0.2) is 53.1 Å². The molecule has 6 heteroatoms. The maximum Gasteiger partial charge on any atom is 0.182 e. The Hall–Kier alpha value is -2.47. The third kappa shape index (κ3) is 2.12. The van der Waals surface area contributed by atoms with Gasteiger partial charge in [-0.1, -0.05) is 42.5 Å². The molecule has 2 aromatic carbocycles. The largest absolute Gasteiger partial charge is 0.264 e. The number of rotatable bonds is 2. The highest BCUT2D eigenvalue weighted by Crippen LogP contribution is 2.27. The average Bonchev–Trinajstić information content (AvgIpc) is 3.13. The van der Waals surface area contributed by atoms with Gasteiger partial charge in [-0.15, -0.1) is 0 Å². The molecule has 4 aromatic rings. The summed E-state index contributed by atoms with van der Waals surface area (Å²) in [5.41, 5.74) is 1.90. The molecule has 2 heterocycles. The molecule has 0 aliphatic rings. The number of nitrogens with zero attached hydrogens (tertiary/aromatic N) is 4. The predicted molar refractivity (Wildman–Crippen MR) is 89.2 cm³/mol. The standard InChI is InChI=1S/C16H12BrN5/c1-22-13(9-14(17)21-22)16-18-15(19-20-16)12-8-4-6-10-5-2-3-7-11(10)12/h2-9H,1H3,(H,18,19,20). The van der Waals surface area contributed by atoms with Crippen LogP contribution in [0.4, 0.5) is 0 Å². The fourth-order valence-electron chi connectivity index (χ4n) is 2.57. The van der Waals surface area contributed by atoms with E-state index in [9.17, 15) is 0 Å². The van der Waals surface area contributed by atoms with E-state index in [0.29, 0.717) is 11.6 Å². The summed E-state index contributed by atoms with van der Waals surface area (Å²) in [4.78, 5) is 4.63. The first-order chi connectivity index (χ1) is 10.7. The lowest BCUT2D eigenvalue weighted by molar-refractivity contribution is 0.763. The summed E-state index contributed by atoms with van der Waals surface area (Å²) in [5, 5.41) is 13.9. The molecule has 0 atom stereocenters. The van der Waals surface area contributed by atoms with Crippen LogP contribution >= 0.6 is 15.9 Å². The fourth-order valence-corrected chi connectivity index (χ4v) is 3.03. The lowest BCUT2D eigenvalue weighted by Crippen LogP contribution is -1.94. The average molecular weight is 354 g/mol. The first-order valence-electron chi connectivity index (χ1n) is 6.83. The number of aromatic nitrogens is 5. The second-order valence-electron chi connectivity index (χ2n) is 5.01. The van der Waals surface area contributed by atoms with Crippen LogP contribution < -0.4 is 0 Å². The summed E-state index contributed by atoms with van der Waals surface area (Å²) in [7, 11) is 1.88. The highest BCUT2D eigenvalue weighted by Gasteiger charge is 2.13. The topological polar surface area (TPSA) is 59.4 Å². The molecule has 108 valence electrons. The molecule has 0 aliphatic heterocycles. The summed E-state index contributed by atoms with van der Waals surface area (Å²) >= 11 is 3.37. The Morgan fingerprint density at radius 1 is 1.09 bits per heavy atom. The van der Waals surface area contributed by atoms with Crippen molar-refractivity contribution < 1.29 is 0 Å². The normalized spacial score (nSPS) is 11.2. The molecule has 0 spiro atoms. The van der Waals surface area contributed by atoms with Crippen molar-refractivity contribution in [2.24, 2.45) is 7.05 Å². The van der Waals surface area contributed by atoms with Gasteiger partial charge in [0.1, 0.15) is 10.3 Å². The van der Waals surface area contributed by atoms with E-state index in [1.807, 2.05) is 37.4 Å². The van der Waals surface area contributed by atoms with E-state index in [4.69, 9.17) is 0 Å². The van der Waals surface area contributed by atoms with Gasteiger partial charge in [0, 0.05) is 18.7 Å². The molecule has 0 amide bonds. The van der Waals surface area contributed by atoms with Crippen molar-refractivity contribution >= 4 is 26.7 Å². The SMILES string of the molecule is Cn1nc(Br)cc1-c1nc(-c2cccc3ccccc23)n[nH]1. The van der Waals surface area contributed by atoms with Crippen LogP contribution in [0.2, 0.25) is 0 Å². The monoisotopic (exact) mass is 353 g/mol. The number of aryl methyl sites for hydroxylation is 1. The quantitative estimate of drug-likeness (QED) is 0.596. The van der Waals surface area contributed by atoms with Gasteiger partial charge in [-0.05, 0) is 26.7 Å². The molecule has 4 rings (SSSR count). The zero-order valence-electron chi connectivity index (χ0n) is 11.8. The highest BCUT2D eigenvalue weighted by atomic mass is 79.9. The molecule has 5 nitrogen and oxygen atoms in total. The van der Waals surface area contributed by atoms with Gasteiger partial charge in [-0.25, -0.2) is 4.98 Å². The number of aromatic amines is 1. The number of H-pyrrole nitrogens is 1. The molecule has 22 heavy (non-hydrogen) atoms.